The zero-order valence-corrected chi connectivity index (χ0v) is 12.1. The molecular formula is C18H16N2O2. The maximum atomic E-state index is 12.5. The highest BCUT2D eigenvalue weighted by Crippen LogP contribution is 2.30. The summed E-state index contributed by atoms with van der Waals surface area (Å²) in [6.45, 7) is 0. The van der Waals surface area contributed by atoms with Crippen LogP contribution in [0.25, 0.3) is 10.9 Å². The van der Waals surface area contributed by atoms with Gasteiger partial charge in [-0.3, -0.25) is 4.79 Å². The third kappa shape index (κ3) is 2.26. The summed E-state index contributed by atoms with van der Waals surface area (Å²) in [5.41, 5.74) is 2.39. The van der Waals surface area contributed by atoms with E-state index in [9.17, 15) is 4.79 Å². The van der Waals surface area contributed by atoms with Gasteiger partial charge in [0.25, 0.3) is 5.91 Å². The molecule has 110 valence electrons. The van der Waals surface area contributed by atoms with E-state index in [2.05, 4.69) is 10.3 Å². The largest absolute Gasteiger partial charge is 0.469 e. The molecule has 0 unspecified atom stereocenters. The summed E-state index contributed by atoms with van der Waals surface area (Å²) in [6, 6.07) is 13.5. The Hall–Kier alpha value is -2.62. The lowest BCUT2D eigenvalue weighted by molar-refractivity contribution is 0.0927. The minimum Gasteiger partial charge on any atom is -0.469 e. The Morgan fingerprint density at radius 2 is 2.09 bits per heavy atom. The number of amides is 1. The van der Waals surface area contributed by atoms with Crippen molar-refractivity contribution in [2.24, 2.45) is 0 Å². The molecule has 4 nitrogen and oxygen atoms in total. The van der Waals surface area contributed by atoms with Gasteiger partial charge in [-0.2, -0.15) is 0 Å². The highest BCUT2D eigenvalue weighted by Gasteiger charge is 2.24. The van der Waals surface area contributed by atoms with Crippen LogP contribution in [0.2, 0.25) is 0 Å². The van der Waals surface area contributed by atoms with Crippen molar-refractivity contribution < 1.29 is 9.21 Å². The molecule has 3 aromatic rings. The molecule has 1 aliphatic carbocycles. The zero-order chi connectivity index (χ0) is 14.9. The van der Waals surface area contributed by atoms with Gasteiger partial charge in [-0.05, 0) is 31.0 Å². The second-order valence-corrected chi connectivity index (χ2v) is 5.61. The van der Waals surface area contributed by atoms with Gasteiger partial charge < -0.3 is 9.73 Å². The van der Waals surface area contributed by atoms with E-state index in [1.54, 1.807) is 12.3 Å². The average Bonchev–Trinajstić information content (AvgIpc) is 3.04. The maximum Gasteiger partial charge on any atom is 0.270 e. The number of fused-ring (bicyclic) bond motifs is 2. The van der Waals surface area contributed by atoms with Crippen LogP contribution in [0, 0.1) is 0 Å². The number of furan rings is 1. The second-order valence-electron chi connectivity index (χ2n) is 5.61. The van der Waals surface area contributed by atoms with Crippen LogP contribution in [-0.2, 0) is 6.42 Å². The van der Waals surface area contributed by atoms with Crippen LogP contribution >= 0.6 is 0 Å². The lowest BCUT2D eigenvalue weighted by atomic mass is 9.93. The zero-order valence-electron chi connectivity index (χ0n) is 12.1. The fourth-order valence-corrected chi connectivity index (χ4v) is 3.06. The summed E-state index contributed by atoms with van der Waals surface area (Å²) in [7, 11) is 0. The molecule has 1 aliphatic rings. The predicted molar refractivity (Wildman–Crippen MR) is 83.6 cm³/mol. The Bertz CT molecular complexity index is 838. The Kier molecular flexibility index (Phi) is 3.15. The quantitative estimate of drug-likeness (QED) is 0.784. The van der Waals surface area contributed by atoms with Crippen LogP contribution in [0.4, 0.5) is 0 Å². The summed E-state index contributed by atoms with van der Waals surface area (Å²) in [4.78, 5) is 16.9. The van der Waals surface area contributed by atoms with E-state index in [0.29, 0.717) is 5.69 Å². The van der Waals surface area contributed by atoms with Crippen molar-refractivity contribution >= 4 is 16.8 Å². The smallest absolute Gasteiger partial charge is 0.270 e. The number of aryl methyl sites for hydroxylation is 1. The topological polar surface area (TPSA) is 55.1 Å². The van der Waals surface area contributed by atoms with E-state index in [1.165, 1.54) is 0 Å². The Balaban J connectivity index is 1.59. The molecule has 22 heavy (non-hydrogen) atoms. The maximum absolute atomic E-state index is 12.5. The molecule has 1 amide bonds. The van der Waals surface area contributed by atoms with Crippen molar-refractivity contribution in [3.05, 3.63) is 65.7 Å². The molecular weight excluding hydrogens is 276 g/mol. The number of pyridine rings is 1. The molecule has 1 N–H and O–H groups in total. The number of aromatic nitrogens is 1. The third-order valence-corrected chi connectivity index (χ3v) is 4.19. The lowest BCUT2D eigenvalue weighted by Gasteiger charge is -2.22. The van der Waals surface area contributed by atoms with Gasteiger partial charge in [-0.15, -0.1) is 0 Å². The van der Waals surface area contributed by atoms with Gasteiger partial charge in [0.05, 0.1) is 17.8 Å². The number of nitrogens with zero attached hydrogens (tertiary/aromatic N) is 1. The number of rotatable bonds is 2. The minimum atomic E-state index is -0.134. The lowest BCUT2D eigenvalue weighted by Crippen LogP contribution is -2.31. The van der Waals surface area contributed by atoms with Crippen molar-refractivity contribution in [2.45, 2.75) is 25.3 Å². The number of carbonyl (C=O) groups is 1. The molecule has 1 atom stereocenters. The first-order valence-electron chi connectivity index (χ1n) is 7.54. The minimum absolute atomic E-state index is 0.0169. The third-order valence-electron chi connectivity index (χ3n) is 4.19. The van der Waals surface area contributed by atoms with Gasteiger partial charge in [-0.1, -0.05) is 24.3 Å². The molecule has 0 aliphatic heterocycles. The van der Waals surface area contributed by atoms with E-state index in [-0.39, 0.29) is 11.9 Å². The van der Waals surface area contributed by atoms with Gasteiger partial charge in [-0.25, -0.2) is 4.98 Å². The van der Waals surface area contributed by atoms with E-state index in [1.807, 2.05) is 36.4 Å². The molecule has 0 fully saturated rings. The number of carbonyl (C=O) groups excluding carboxylic acids is 1. The fraction of sp³-hybridized carbons (Fsp3) is 0.222. The van der Waals surface area contributed by atoms with Crippen molar-refractivity contribution in [3.63, 3.8) is 0 Å². The molecule has 0 spiro atoms. The Morgan fingerprint density at radius 1 is 1.18 bits per heavy atom. The predicted octanol–water partition coefficient (Wildman–Crippen LogP) is 3.64. The van der Waals surface area contributed by atoms with Crippen molar-refractivity contribution in [1.29, 1.82) is 0 Å². The molecule has 1 aromatic carbocycles. The van der Waals surface area contributed by atoms with Gasteiger partial charge in [0, 0.05) is 17.4 Å². The number of hydrogen-bond acceptors (Lipinski definition) is 3. The molecule has 2 aromatic heterocycles. The van der Waals surface area contributed by atoms with Crippen molar-refractivity contribution in [1.82, 2.24) is 10.3 Å². The molecule has 0 radical (unpaired) electrons. The van der Waals surface area contributed by atoms with E-state index >= 15 is 0 Å². The SMILES string of the molecule is O=C(N[C@@H]1CCCc2occc21)c1ccc2ccccc2n1. The Labute approximate surface area is 128 Å². The Morgan fingerprint density at radius 3 is 3.05 bits per heavy atom. The van der Waals surface area contributed by atoms with Gasteiger partial charge >= 0.3 is 0 Å². The fourth-order valence-electron chi connectivity index (χ4n) is 3.06. The summed E-state index contributed by atoms with van der Waals surface area (Å²) in [6.07, 6.45) is 4.61. The first kappa shape index (κ1) is 13.1. The summed E-state index contributed by atoms with van der Waals surface area (Å²) >= 11 is 0. The van der Waals surface area contributed by atoms with Gasteiger partial charge in [0.2, 0.25) is 0 Å². The van der Waals surface area contributed by atoms with Crippen molar-refractivity contribution in [3.8, 4) is 0 Å². The first-order chi connectivity index (χ1) is 10.8. The van der Waals surface area contributed by atoms with Gasteiger partial charge in [0.15, 0.2) is 0 Å². The number of hydrogen-bond donors (Lipinski definition) is 1. The molecule has 4 heteroatoms. The highest BCUT2D eigenvalue weighted by molar-refractivity contribution is 5.95. The normalized spacial score (nSPS) is 17.2. The molecule has 2 heterocycles. The van der Waals surface area contributed by atoms with E-state index in [4.69, 9.17) is 4.42 Å². The van der Waals surface area contributed by atoms with Crippen molar-refractivity contribution in [2.75, 3.05) is 0 Å². The molecule has 4 rings (SSSR count). The monoisotopic (exact) mass is 292 g/mol. The molecule has 0 saturated carbocycles. The molecule has 0 bridgehead atoms. The average molecular weight is 292 g/mol. The van der Waals surface area contributed by atoms with Crippen LogP contribution in [-0.4, -0.2) is 10.9 Å². The van der Waals surface area contributed by atoms with Crippen LogP contribution in [0.3, 0.4) is 0 Å². The summed E-state index contributed by atoms with van der Waals surface area (Å²) in [5, 5.41) is 4.12. The van der Waals surface area contributed by atoms with Crippen LogP contribution in [0.15, 0.2) is 53.1 Å². The van der Waals surface area contributed by atoms with Gasteiger partial charge in [0.1, 0.15) is 11.5 Å². The summed E-state index contributed by atoms with van der Waals surface area (Å²) in [5.74, 6) is 0.854. The number of nitrogens with one attached hydrogen (secondary N) is 1. The van der Waals surface area contributed by atoms with Crippen LogP contribution in [0.5, 0.6) is 0 Å². The number of para-hydroxylation sites is 1. The van der Waals surface area contributed by atoms with Crippen LogP contribution in [0.1, 0.15) is 40.7 Å². The van der Waals surface area contributed by atoms with E-state index in [0.717, 1.165) is 41.5 Å². The van der Waals surface area contributed by atoms with E-state index < -0.39 is 0 Å². The summed E-state index contributed by atoms with van der Waals surface area (Å²) < 4.78 is 5.46. The second kappa shape index (κ2) is 5.30. The standard InChI is InChI=1S/C18H16N2O2/c21-18(16-9-8-12-4-1-2-5-14(12)19-16)20-15-6-3-7-17-13(15)10-11-22-17/h1-2,4-5,8-11,15H,3,6-7H2,(H,20,21)/t15-/m1/s1. The highest BCUT2D eigenvalue weighted by atomic mass is 16.3. The first-order valence-corrected chi connectivity index (χ1v) is 7.54. The van der Waals surface area contributed by atoms with Crippen LogP contribution < -0.4 is 5.32 Å². The molecule has 0 saturated heterocycles. The number of benzene rings is 1.